The van der Waals surface area contributed by atoms with Gasteiger partial charge in [-0.15, -0.1) is 6.58 Å². The Kier molecular flexibility index (Phi) is 10.2. The average Bonchev–Trinajstić information content (AvgIpc) is 4.05. The lowest BCUT2D eigenvalue weighted by Gasteiger charge is -2.37. The summed E-state index contributed by atoms with van der Waals surface area (Å²) >= 11 is 0. The van der Waals surface area contributed by atoms with Gasteiger partial charge in [0.05, 0.1) is 39.7 Å². The summed E-state index contributed by atoms with van der Waals surface area (Å²) in [6.45, 7) is 9.87. The lowest BCUT2D eigenvalue weighted by atomic mass is 9.77. The van der Waals surface area contributed by atoms with Crippen LogP contribution in [0, 0.1) is 22.7 Å². The number of rotatable bonds is 11. The Bertz CT molecular complexity index is 2110. The van der Waals surface area contributed by atoms with Gasteiger partial charge in [0, 0.05) is 43.2 Å². The summed E-state index contributed by atoms with van der Waals surface area (Å²) in [5.41, 5.74) is -0.657. The molecule has 294 valence electrons. The van der Waals surface area contributed by atoms with Crippen LogP contribution in [0.5, 0.6) is 0 Å². The van der Waals surface area contributed by atoms with E-state index in [0.29, 0.717) is 23.9 Å². The van der Waals surface area contributed by atoms with Crippen LogP contribution in [0.1, 0.15) is 72.1 Å². The smallest absolute Gasteiger partial charge is 0.326 e. The number of Topliss-reactive ketones (excluding diaryl/α,β-unsaturated/α-hetero) is 1. The molecule has 3 aromatic rings. The first-order chi connectivity index (χ1) is 26.0. The highest BCUT2D eigenvalue weighted by atomic mass is 32.2. The second-order valence-electron chi connectivity index (χ2n) is 17.0. The van der Waals surface area contributed by atoms with Gasteiger partial charge in [-0.05, 0) is 62.0 Å². The third-order valence-corrected chi connectivity index (χ3v) is 13.9. The van der Waals surface area contributed by atoms with Gasteiger partial charge in [-0.1, -0.05) is 63.2 Å². The van der Waals surface area contributed by atoms with Crippen LogP contribution in [-0.2, 0) is 29.2 Å². The van der Waals surface area contributed by atoms with Gasteiger partial charge in [-0.2, -0.15) is 0 Å². The number of carbonyl (C=O) groups is 5. The van der Waals surface area contributed by atoms with Gasteiger partial charge in [-0.25, -0.2) is 17.6 Å². The molecule has 14 heteroatoms. The number of amides is 4. The summed E-state index contributed by atoms with van der Waals surface area (Å²) in [4.78, 5) is 73.6. The largest absolute Gasteiger partial charge is 0.342 e. The maximum Gasteiger partial charge on any atom is 0.326 e. The van der Waals surface area contributed by atoms with Crippen molar-refractivity contribution >= 4 is 61.4 Å². The van der Waals surface area contributed by atoms with E-state index in [1.807, 2.05) is 69.3 Å². The number of para-hydroxylation sites is 2. The fourth-order valence-corrected chi connectivity index (χ4v) is 9.93. The van der Waals surface area contributed by atoms with E-state index in [9.17, 15) is 36.8 Å². The Morgan fingerprint density at radius 2 is 1.56 bits per heavy atom. The van der Waals surface area contributed by atoms with Gasteiger partial charge in [0.25, 0.3) is 0 Å². The molecule has 2 aromatic carbocycles. The van der Waals surface area contributed by atoms with E-state index in [1.165, 1.54) is 4.90 Å². The molecule has 12 nitrogen and oxygen atoms in total. The van der Waals surface area contributed by atoms with Crippen molar-refractivity contribution in [3.63, 3.8) is 0 Å². The van der Waals surface area contributed by atoms with Crippen molar-refractivity contribution < 1.29 is 36.8 Å². The van der Waals surface area contributed by atoms with Gasteiger partial charge < -0.3 is 15.1 Å². The Hall–Kier alpha value is -4.59. The fourth-order valence-electron chi connectivity index (χ4n) is 8.54. The molecule has 2 saturated carbocycles. The van der Waals surface area contributed by atoms with Crippen LogP contribution in [0.15, 0.2) is 61.2 Å². The predicted molar refractivity (Wildman–Crippen MR) is 206 cm³/mol. The molecular formula is C41H50FN5O7S. The molecule has 0 unspecified atom stereocenters. The second-order valence-corrected chi connectivity index (χ2v) is 18.9. The first-order valence-corrected chi connectivity index (χ1v) is 20.8. The summed E-state index contributed by atoms with van der Waals surface area (Å²) in [6, 6.07) is 12.9. The lowest BCUT2D eigenvalue weighted by molar-refractivity contribution is -0.148. The third-order valence-electron chi connectivity index (χ3n) is 12.1. The number of nitrogens with zero attached hydrogens (tertiary/aromatic N) is 3. The van der Waals surface area contributed by atoms with Crippen LogP contribution in [-0.4, -0.2) is 95.5 Å². The van der Waals surface area contributed by atoms with Crippen LogP contribution in [0.25, 0.3) is 21.8 Å². The van der Waals surface area contributed by atoms with Gasteiger partial charge in [-0.3, -0.25) is 28.5 Å². The highest BCUT2D eigenvalue weighted by molar-refractivity contribution is 7.90. The van der Waals surface area contributed by atoms with Crippen LogP contribution in [0.3, 0.4) is 0 Å². The first-order valence-electron chi connectivity index (χ1n) is 19.3. The molecule has 0 bridgehead atoms. The normalized spacial score (nSPS) is 25.1. The van der Waals surface area contributed by atoms with Gasteiger partial charge >= 0.3 is 6.03 Å². The van der Waals surface area contributed by atoms with Crippen molar-refractivity contribution in [3.8, 4) is 0 Å². The van der Waals surface area contributed by atoms with Crippen molar-refractivity contribution in [1.82, 2.24) is 24.4 Å². The first kappa shape index (κ1) is 38.7. The number of hydrogen-bond donors (Lipinski definition) is 2. The minimum atomic E-state index is -3.88. The molecule has 7 rings (SSSR count). The van der Waals surface area contributed by atoms with E-state index >= 15 is 0 Å². The number of halogens is 1. The molecule has 2 saturated heterocycles. The summed E-state index contributed by atoms with van der Waals surface area (Å²) in [5, 5.41) is 4.23. The molecule has 55 heavy (non-hydrogen) atoms. The molecule has 2 N–H and O–H groups in total. The van der Waals surface area contributed by atoms with Gasteiger partial charge in [0.15, 0.2) is 5.78 Å². The number of alkyl halides is 1. The van der Waals surface area contributed by atoms with Crippen molar-refractivity contribution in [2.24, 2.45) is 22.7 Å². The van der Waals surface area contributed by atoms with Crippen molar-refractivity contribution in [3.05, 3.63) is 61.2 Å². The zero-order valence-electron chi connectivity index (χ0n) is 31.6. The van der Waals surface area contributed by atoms with Crippen molar-refractivity contribution in [2.45, 2.75) is 95.6 Å². The molecule has 2 aliphatic carbocycles. The molecule has 4 aliphatic rings. The predicted octanol–water partition coefficient (Wildman–Crippen LogP) is 5.09. The van der Waals surface area contributed by atoms with Crippen LogP contribution in [0.4, 0.5) is 9.18 Å². The average molecular weight is 776 g/mol. The number of nitrogens with one attached hydrogen (secondary N) is 2. The number of benzene rings is 2. The number of allylic oxidation sites excluding steroid dienone is 1. The Labute approximate surface area is 320 Å². The highest BCUT2D eigenvalue weighted by Crippen LogP contribution is 2.57. The molecule has 4 fully saturated rings. The molecule has 4 amide bonds. The fraction of sp³-hybridized carbons (Fsp3) is 0.537. The summed E-state index contributed by atoms with van der Waals surface area (Å²) in [7, 11) is -3.88. The SMILES string of the molecule is C=C[C@@H]1C[C@]1(CC(=O)[C@@H]1C[C@@H](NC(=O)n2c3ccccc3c3ccccc32)CN1C(=O)[C@@H](CC(=O)N1CCC(F)CC1)C(C)(C)C)C(=O)NS(=O)(=O)C1CC1. The Balaban J connectivity index is 1.17. The molecule has 2 aliphatic heterocycles. The standard InChI is InChI=1S/C41H50FN5O7S/c1-5-25-22-41(25,38(51)44-55(53,54)28-14-15-28)23-35(48)34-20-27(43-39(52)47-32-12-8-6-10-29(32)30-11-7-9-13-33(30)47)24-46(34)37(50)31(40(2,3)4)21-36(49)45-18-16-26(42)17-19-45/h5-13,25-28,31,34H,1,14-24H2,2-4H3,(H,43,52)(H,44,51)/t25-,27-,31-,34+,41-/m1/s1. The minimum Gasteiger partial charge on any atom is -0.342 e. The van der Waals surface area contributed by atoms with E-state index in [0.717, 1.165) is 10.8 Å². The Morgan fingerprint density at radius 1 is 0.964 bits per heavy atom. The van der Waals surface area contributed by atoms with E-state index in [1.54, 1.807) is 15.5 Å². The zero-order valence-corrected chi connectivity index (χ0v) is 32.4. The maximum absolute atomic E-state index is 14.7. The summed E-state index contributed by atoms with van der Waals surface area (Å²) in [6.07, 6.45) is 1.80. The molecular weight excluding hydrogens is 726 g/mol. The summed E-state index contributed by atoms with van der Waals surface area (Å²) in [5.74, 6) is -3.17. The highest BCUT2D eigenvalue weighted by Gasteiger charge is 2.61. The Morgan fingerprint density at radius 3 is 2.11 bits per heavy atom. The number of ketones is 1. The van der Waals surface area contributed by atoms with E-state index in [4.69, 9.17) is 0 Å². The van der Waals surface area contributed by atoms with Crippen molar-refractivity contribution in [2.75, 3.05) is 19.6 Å². The molecule has 0 radical (unpaired) electrons. The number of likely N-dealkylation sites (tertiary alicyclic amines) is 2. The number of fused-ring (bicyclic) bond motifs is 3. The maximum atomic E-state index is 14.7. The van der Waals surface area contributed by atoms with Crippen LogP contribution < -0.4 is 10.0 Å². The third kappa shape index (κ3) is 7.53. The monoisotopic (exact) mass is 775 g/mol. The topological polar surface area (TPSA) is 155 Å². The van der Waals surface area contributed by atoms with Gasteiger partial charge in [0.2, 0.25) is 27.7 Å². The van der Waals surface area contributed by atoms with Gasteiger partial charge in [0.1, 0.15) is 6.17 Å². The molecule has 3 heterocycles. The van der Waals surface area contributed by atoms with E-state index in [2.05, 4.69) is 16.6 Å². The van der Waals surface area contributed by atoms with E-state index < -0.39 is 79.8 Å². The molecule has 1 aromatic heterocycles. The van der Waals surface area contributed by atoms with Crippen LogP contribution in [0.2, 0.25) is 0 Å². The number of carbonyl (C=O) groups excluding carboxylic acids is 5. The number of hydrogen-bond acceptors (Lipinski definition) is 7. The number of aromatic nitrogens is 1. The second kappa shape index (κ2) is 14.5. The zero-order chi connectivity index (χ0) is 39.4. The van der Waals surface area contributed by atoms with Crippen molar-refractivity contribution in [1.29, 1.82) is 0 Å². The number of sulfonamides is 1. The van der Waals surface area contributed by atoms with Crippen LogP contribution >= 0.6 is 0 Å². The lowest BCUT2D eigenvalue weighted by Crippen LogP contribution is -2.50. The molecule has 0 spiro atoms. The summed E-state index contributed by atoms with van der Waals surface area (Å²) < 4.78 is 43.2. The quantitative estimate of drug-likeness (QED) is 0.257. The van der Waals surface area contributed by atoms with E-state index in [-0.39, 0.29) is 64.1 Å². The number of piperidine rings is 1. The molecule has 5 atom stereocenters. The minimum absolute atomic E-state index is 0.0216.